The van der Waals surface area contributed by atoms with E-state index in [0.717, 1.165) is 0 Å². The van der Waals surface area contributed by atoms with Crippen LogP contribution in [0.2, 0.25) is 19.6 Å². The highest BCUT2D eigenvalue weighted by Gasteiger charge is 2.10. The molecule has 1 aromatic rings. The smallest absolute Gasteiger partial charge is 0.222 e. The van der Waals surface area contributed by atoms with Gasteiger partial charge in [-0.25, -0.2) is 4.98 Å². The number of rotatable bonds is 2. The molecule has 1 aromatic heterocycles. The predicted octanol–water partition coefficient (Wildman–Crippen LogP) is 1.67. The van der Waals surface area contributed by atoms with E-state index in [9.17, 15) is 4.79 Å². The van der Waals surface area contributed by atoms with E-state index in [4.69, 9.17) is 4.74 Å². The van der Waals surface area contributed by atoms with Crippen molar-refractivity contribution >= 4 is 19.8 Å². The normalized spacial score (nSPS) is 10.3. The van der Waals surface area contributed by atoms with Gasteiger partial charge in [0.05, 0.1) is 13.3 Å². The Kier molecular flexibility index (Phi) is 4.45. The van der Waals surface area contributed by atoms with Crippen molar-refractivity contribution < 1.29 is 9.53 Å². The Morgan fingerprint density at radius 1 is 1.44 bits per heavy atom. The number of amides is 1. The number of nitrogens with zero attached hydrogens (tertiary/aromatic N) is 2. The lowest BCUT2D eigenvalue weighted by Crippen LogP contribution is -2.16. The SMILES string of the molecule is COc1cnc(C#C[Si](C)(C)C)nc1NC(C)=O. The molecule has 5 nitrogen and oxygen atoms in total. The molecule has 1 rings (SSSR count). The summed E-state index contributed by atoms with van der Waals surface area (Å²) in [4.78, 5) is 19.3. The molecule has 0 unspecified atom stereocenters. The Bertz CT molecular complexity index is 512. The minimum Gasteiger partial charge on any atom is -0.491 e. The monoisotopic (exact) mass is 263 g/mol. The van der Waals surface area contributed by atoms with Gasteiger partial charge in [-0.05, 0) is 5.92 Å². The quantitative estimate of drug-likeness (QED) is 0.651. The van der Waals surface area contributed by atoms with Crippen molar-refractivity contribution in [3.63, 3.8) is 0 Å². The molecule has 96 valence electrons. The molecule has 1 heterocycles. The number of hydrogen-bond donors (Lipinski definition) is 1. The van der Waals surface area contributed by atoms with Gasteiger partial charge in [-0.3, -0.25) is 4.79 Å². The van der Waals surface area contributed by atoms with Gasteiger partial charge in [0.1, 0.15) is 8.07 Å². The molecule has 18 heavy (non-hydrogen) atoms. The molecule has 0 bridgehead atoms. The van der Waals surface area contributed by atoms with E-state index in [0.29, 0.717) is 17.4 Å². The summed E-state index contributed by atoms with van der Waals surface area (Å²) in [5.74, 6) is 3.88. The van der Waals surface area contributed by atoms with Gasteiger partial charge in [0, 0.05) is 6.92 Å². The number of anilines is 1. The van der Waals surface area contributed by atoms with E-state index in [2.05, 4.69) is 46.4 Å². The van der Waals surface area contributed by atoms with Crippen molar-refractivity contribution in [2.75, 3.05) is 12.4 Å². The van der Waals surface area contributed by atoms with Gasteiger partial charge in [-0.1, -0.05) is 19.6 Å². The number of methoxy groups -OCH3 is 1. The molecule has 1 N–H and O–H groups in total. The van der Waals surface area contributed by atoms with Crippen molar-refractivity contribution in [2.24, 2.45) is 0 Å². The first-order valence-electron chi connectivity index (χ1n) is 5.53. The zero-order valence-corrected chi connectivity index (χ0v) is 12.3. The highest BCUT2D eigenvalue weighted by atomic mass is 28.3. The maximum Gasteiger partial charge on any atom is 0.222 e. The summed E-state index contributed by atoms with van der Waals surface area (Å²) in [6.07, 6.45) is 1.51. The molecule has 1 amide bonds. The summed E-state index contributed by atoms with van der Waals surface area (Å²) in [5, 5.41) is 2.59. The number of aromatic nitrogens is 2. The lowest BCUT2D eigenvalue weighted by molar-refractivity contribution is -0.114. The molecule has 0 atom stereocenters. The van der Waals surface area contributed by atoms with Crippen LogP contribution in [-0.2, 0) is 4.79 Å². The van der Waals surface area contributed by atoms with Crippen molar-refractivity contribution in [1.82, 2.24) is 9.97 Å². The van der Waals surface area contributed by atoms with E-state index in [-0.39, 0.29) is 5.91 Å². The first kappa shape index (κ1) is 14.2. The Hall–Kier alpha value is -1.87. The summed E-state index contributed by atoms with van der Waals surface area (Å²) in [7, 11) is 0.0264. The number of carbonyl (C=O) groups is 1. The molecule has 0 radical (unpaired) electrons. The van der Waals surface area contributed by atoms with Crippen LogP contribution in [0.3, 0.4) is 0 Å². The molecule has 0 saturated carbocycles. The van der Waals surface area contributed by atoms with Crippen LogP contribution in [0.25, 0.3) is 0 Å². The van der Waals surface area contributed by atoms with Crippen LogP contribution in [0.4, 0.5) is 5.82 Å². The summed E-state index contributed by atoms with van der Waals surface area (Å²) < 4.78 is 5.07. The van der Waals surface area contributed by atoms with Crippen molar-refractivity contribution in [3.8, 4) is 17.2 Å². The summed E-state index contributed by atoms with van der Waals surface area (Å²) in [5.41, 5.74) is 3.17. The predicted molar refractivity (Wildman–Crippen MR) is 73.1 cm³/mol. The average Bonchev–Trinajstić information content (AvgIpc) is 2.25. The third-order valence-electron chi connectivity index (χ3n) is 1.82. The van der Waals surface area contributed by atoms with Gasteiger partial charge >= 0.3 is 0 Å². The fourth-order valence-electron chi connectivity index (χ4n) is 1.08. The van der Waals surface area contributed by atoms with Gasteiger partial charge in [0.15, 0.2) is 11.6 Å². The number of ether oxygens (including phenoxy) is 1. The molecule has 0 aromatic carbocycles. The molecule has 0 spiro atoms. The second kappa shape index (κ2) is 5.64. The standard InChI is InChI=1S/C12H17N3O2Si/c1-9(16)14-12-10(17-2)8-13-11(15-12)6-7-18(3,4)5/h8H,1-5H3,(H,13,14,15,16). The fraction of sp³-hybridized carbons (Fsp3) is 0.417. The minimum absolute atomic E-state index is 0.212. The van der Waals surface area contributed by atoms with E-state index in [1.165, 1.54) is 20.2 Å². The number of carbonyl (C=O) groups excluding carboxylic acids is 1. The van der Waals surface area contributed by atoms with Crippen LogP contribution in [0, 0.1) is 11.5 Å². The Morgan fingerprint density at radius 3 is 2.61 bits per heavy atom. The molecular weight excluding hydrogens is 246 g/mol. The van der Waals surface area contributed by atoms with Gasteiger partial charge in [0.25, 0.3) is 0 Å². The lowest BCUT2D eigenvalue weighted by atomic mass is 10.4. The Morgan fingerprint density at radius 2 is 2.11 bits per heavy atom. The van der Waals surface area contributed by atoms with Crippen LogP contribution in [0.5, 0.6) is 5.75 Å². The van der Waals surface area contributed by atoms with Crippen LogP contribution in [0.15, 0.2) is 6.20 Å². The van der Waals surface area contributed by atoms with Gasteiger partial charge in [-0.2, -0.15) is 4.98 Å². The largest absolute Gasteiger partial charge is 0.491 e. The number of nitrogens with one attached hydrogen (secondary N) is 1. The van der Waals surface area contributed by atoms with Crippen LogP contribution in [-0.4, -0.2) is 31.1 Å². The molecule has 0 aliphatic rings. The van der Waals surface area contributed by atoms with E-state index >= 15 is 0 Å². The third-order valence-corrected chi connectivity index (χ3v) is 2.69. The van der Waals surface area contributed by atoms with E-state index in [1.54, 1.807) is 0 Å². The molecule has 6 heteroatoms. The highest BCUT2D eigenvalue weighted by molar-refractivity contribution is 6.83. The first-order valence-corrected chi connectivity index (χ1v) is 9.03. The third kappa shape index (κ3) is 4.55. The Labute approximate surface area is 108 Å². The van der Waals surface area contributed by atoms with Gasteiger partial charge < -0.3 is 10.1 Å². The molecule has 0 saturated heterocycles. The van der Waals surface area contributed by atoms with Crippen LogP contribution in [0.1, 0.15) is 12.7 Å². The maximum atomic E-state index is 11.1. The van der Waals surface area contributed by atoms with Crippen LogP contribution < -0.4 is 10.1 Å². The Balaban J connectivity index is 3.09. The van der Waals surface area contributed by atoms with E-state index < -0.39 is 8.07 Å². The molecule has 0 fully saturated rings. The zero-order valence-electron chi connectivity index (χ0n) is 11.3. The van der Waals surface area contributed by atoms with Crippen LogP contribution >= 0.6 is 0 Å². The minimum atomic E-state index is -1.47. The molecule has 0 aliphatic heterocycles. The second-order valence-electron chi connectivity index (χ2n) is 4.79. The van der Waals surface area contributed by atoms with Crippen molar-refractivity contribution in [3.05, 3.63) is 12.0 Å². The highest BCUT2D eigenvalue weighted by Crippen LogP contribution is 2.19. The summed E-state index contributed by atoms with van der Waals surface area (Å²) in [6, 6.07) is 0. The van der Waals surface area contributed by atoms with Gasteiger partial charge in [-0.15, -0.1) is 5.54 Å². The zero-order chi connectivity index (χ0) is 13.8. The van der Waals surface area contributed by atoms with E-state index in [1.807, 2.05) is 0 Å². The summed E-state index contributed by atoms with van der Waals surface area (Å²) >= 11 is 0. The fourth-order valence-corrected chi connectivity index (χ4v) is 1.57. The van der Waals surface area contributed by atoms with Gasteiger partial charge in [0.2, 0.25) is 11.7 Å². The molecular formula is C12H17N3O2Si. The maximum absolute atomic E-state index is 11.1. The molecule has 0 aliphatic carbocycles. The number of hydrogen-bond acceptors (Lipinski definition) is 4. The van der Waals surface area contributed by atoms with Crippen molar-refractivity contribution in [1.29, 1.82) is 0 Å². The lowest BCUT2D eigenvalue weighted by Gasteiger charge is -2.07. The first-order chi connectivity index (χ1) is 8.31. The average molecular weight is 263 g/mol. The summed E-state index contributed by atoms with van der Waals surface area (Å²) in [6.45, 7) is 7.82. The van der Waals surface area contributed by atoms with Crippen molar-refractivity contribution in [2.45, 2.75) is 26.6 Å². The second-order valence-corrected chi connectivity index (χ2v) is 9.54. The topological polar surface area (TPSA) is 64.1 Å².